The average Bonchev–Trinajstić information content (AvgIpc) is 2.78. The molecule has 0 atom stereocenters. The molecule has 0 radical (unpaired) electrons. The molecule has 0 aliphatic carbocycles. The first-order valence-electron chi connectivity index (χ1n) is 5.11. The van der Waals surface area contributed by atoms with Gasteiger partial charge in [0.2, 0.25) is 0 Å². The quantitative estimate of drug-likeness (QED) is 0.783. The van der Waals surface area contributed by atoms with Gasteiger partial charge in [-0.25, -0.2) is 16.8 Å². The molecule has 11 heteroatoms. The summed E-state index contributed by atoms with van der Waals surface area (Å²) in [6, 6.07) is 5.25. The van der Waals surface area contributed by atoms with Gasteiger partial charge >= 0.3 is 0 Å². The lowest BCUT2D eigenvalue weighted by Gasteiger charge is -2.09. The highest BCUT2D eigenvalue weighted by molar-refractivity contribution is 8.14. The molecule has 114 valence electrons. The van der Waals surface area contributed by atoms with E-state index in [2.05, 4.69) is 4.72 Å². The number of hydrogen-bond donors (Lipinski definition) is 1. The summed E-state index contributed by atoms with van der Waals surface area (Å²) in [6.07, 6.45) is 0. The van der Waals surface area contributed by atoms with E-state index in [-0.39, 0.29) is 19.9 Å². The van der Waals surface area contributed by atoms with Crippen LogP contribution < -0.4 is 4.72 Å². The van der Waals surface area contributed by atoms with Crippen molar-refractivity contribution in [3.63, 3.8) is 0 Å². The molecule has 0 unspecified atom stereocenters. The van der Waals surface area contributed by atoms with Gasteiger partial charge in [0, 0.05) is 10.7 Å². The number of halogens is 3. The van der Waals surface area contributed by atoms with E-state index < -0.39 is 24.0 Å². The third-order valence-electron chi connectivity index (χ3n) is 2.25. The second-order valence-electron chi connectivity index (χ2n) is 3.74. The zero-order valence-corrected chi connectivity index (χ0v) is 14.6. The van der Waals surface area contributed by atoms with Gasteiger partial charge in [-0.1, -0.05) is 29.3 Å². The Morgan fingerprint density at radius 3 is 2.05 bits per heavy atom. The van der Waals surface area contributed by atoms with Gasteiger partial charge in [0.05, 0.1) is 15.7 Å². The maximum absolute atomic E-state index is 12.0. The van der Waals surface area contributed by atoms with E-state index in [1.54, 1.807) is 11.4 Å². The van der Waals surface area contributed by atoms with E-state index in [0.29, 0.717) is 0 Å². The summed E-state index contributed by atoms with van der Waals surface area (Å²) in [4.78, 5) is -0.466. The van der Waals surface area contributed by atoms with Crippen LogP contribution in [-0.2, 0) is 19.1 Å². The fourth-order valence-corrected chi connectivity index (χ4v) is 5.92. The lowest BCUT2D eigenvalue weighted by molar-refractivity contribution is 0.603. The Balaban J connectivity index is 2.45. The van der Waals surface area contributed by atoms with Gasteiger partial charge < -0.3 is 0 Å². The summed E-state index contributed by atoms with van der Waals surface area (Å²) in [5.74, 6) is 0. The highest BCUT2D eigenvalue weighted by Gasteiger charge is 2.22. The molecular formula is C10H6Cl3NO4S3. The number of sulfonamides is 1. The van der Waals surface area contributed by atoms with Crippen LogP contribution in [0.5, 0.6) is 0 Å². The summed E-state index contributed by atoms with van der Waals surface area (Å²) in [5.41, 5.74) is 0.0301. The molecular weight excluding hydrogens is 401 g/mol. The minimum Gasteiger partial charge on any atom is -0.279 e. The first kappa shape index (κ1) is 16.9. The molecule has 0 spiro atoms. The molecule has 0 aliphatic rings. The zero-order chi connectivity index (χ0) is 15.8. The van der Waals surface area contributed by atoms with Crippen molar-refractivity contribution in [3.05, 3.63) is 39.7 Å². The Morgan fingerprint density at radius 1 is 1.05 bits per heavy atom. The van der Waals surface area contributed by atoms with Crippen LogP contribution in [0.1, 0.15) is 0 Å². The van der Waals surface area contributed by atoms with Gasteiger partial charge in [0.1, 0.15) is 9.10 Å². The van der Waals surface area contributed by atoms with Crippen molar-refractivity contribution in [2.24, 2.45) is 0 Å². The average molecular weight is 407 g/mol. The van der Waals surface area contributed by atoms with Crippen molar-refractivity contribution in [3.8, 4) is 0 Å². The minimum absolute atomic E-state index is 0.0301. The number of nitrogens with one attached hydrogen (secondary N) is 1. The Bertz CT molecular complexity index is 853. The molecule has 0 aliphatic heterocycles. The predicted molar refractivity (Wildman–Crippen MR) is 84.6 cm³/mol. The highest BCUT2D eigenvalue weighted by Crippen LogP contribution is 2.35. The summed E-state index contributed by atoms with van der Waals surface area (Å²) in [7, 11) is -2.72. The van der Waals surface area contributed by atoms with Crippen molar-refractivity contribution in [1.82, 2.24) is 0 Å². The molecule has 1 N–H and O–H groups in total. The smallest absolute Gasteiger partial charge is 0.271 e. The number of anilines is 1. The zero-order valence-electron chi connectivity index (χ0n) is 9.88. The van der Waals surface area contributed by atoms with Crippen LogP contribution in [0.15, 0.2) is 38.8 Å². The number of benzene rings is 1. The summed E-state index contributed by atoms with van der Waals surface area (Å²) in [5, 5.41) is 1.06. The van der Waals surface area contributed by atoms with Gasteiger partial charge in [-0.15, -0.1) is 11.3 Å². The molecule has 1 heterocycles. The lowest BCUT2D eigenvalue weighted by Crippen LogP contribution is -2.11. The normalized spacial score (nSPS) is 12.3. The Hall–Kier alpha value is -0.510. The van der Waals surface area contributed by atoms with Crippen molar-refractivity contribution in [2.75, 3.05) is 4.72 Å². The summed E-state index contributed by atoms with van der Waals surface area (Å²) < 4.78 is 49.1. The van der Waals surface area contributed by atoms with Crippen LogP contribution in [0.25, 0.3) is 0 Å². The van der Waals surface area contributed by atoms with Gasteiger partial charge in [-0.2, -0.15) is 0 Å². The lowest BCUT2D eigenvalue weighted by atomic mass is 10.3. The Kier molecular flexibility index (Phi) is 4.77. The van der Waals surface area contributed by atoms with Crippen molar-refractivity contribution < 1.29 is 16.8 Å². The van der Waals surface area contributed by atoms with Crippen molar-refractivity contribution >= 4 is 70.0 Å². The van der Waals surface area contributed by atoms with E-state index in [1.165, 1.54) is 6.07 Å². The topological polar surface area (TPSA) is 80.3 Å². The van der Waals surface area contributed by atoms with Crippen molar-refractivity contribution in [1.29, 1.82) is 0 Å². The summed E-state index contributed by atoms with van der Waals surface area (Å²) in [6.45, 7) is 0. The van der Waals surface area contributed by atoms with Gasteiger partial charge in [0.15, 0.2) is 0 Å². The molecule has 0 amide bonds. The molecule has 2 rings (SSSR count). The van der Waals surface area contributed by atoms with Gasteiger partial charge in [-0.05, 0) is 23.6 Å². The number of hydrogen-bond acceptors (Lipinski definition) is 5. The molecule has 1 aromatic carbocycles. The number of thiophene rings is 1. The van der Waals surface area contributed by atoms with Crippen LogP contribution in [0.3, 0.4) is 0 Å². The first-order valence-corrected chi connectivity index (χ1v) is 10.5. The highest BCUT2D eigenvalue weighted by atomic mass is 35.7. The van der Waals surface area contributed by atoms with Crippen LogP contribution >= 0.6 is 45.2 Å². The van der Waals surface area contributed by atoms with Crippen LogP contribution in [0.2, 0.25) is 10.0 Å². The van der Waals surface area contributed by atoms with Gasteiger partial charge in [0.25, 0.3) is 19.1 Å². The van der Waals surface area contributed by atoms with Crippen LogP contribution in [0, 0.1) is 0 Å². The second kappa shape index (κ2) is 5.94. The SMILES string of the molecule is O=S(=O)(Cl)c1c(Cl)cc(NS(=O)(=O)c2cccs2)cc1Cl. The van der Waals surface area contributed by atoms with Crippen molar-refractivity contribution in [2.45, 2.75) is 9.10 Å². The van der Waals surface area contributed by atoms with Crippen LogP contribution in [-0.4, -0.2) is 16.8 Å². The Morgan fingerprint density at radius 2 is 1.62 bits per heavy atom. The fraction of sp³-hybridized carbons (Fsp3) is 0. The molecule has 0 fully saturated rings. The predicted octanol–water partition coefficient (Wildman–Crippen LogP) is 3.78. The largest absolute Gasteiger partial charge is 0.279 e. The standard InChI is InChI=1S/C10H6Cl3NO4S3/c11-7-4-6(5-8(12)10(7)20(13,15)16)14-21(17,18)9-2-1-3-19-9/h1-5,14H. The summed E-state index contributed by atoms with van der Waals surface area (Å²) >= 11 is 12.6. The maximum Gasteiger partial charge on any atom is 0.271 e. The Labute approximate surface area is 139 Å². The van der Waals surface area contributed by atoms with Gasteiger partial charge in [-0.3, -0.25) is 4.72 Å². The molecule has 0 saturated heterocycles. The van der Waals surface area contributed by atoms with E-state index in [9.17, 15) is 16.8 Å². The molecule has 5 nitrogen and oxygen atoms in total. The van der Waals surface area contributed by atoms with E-state index >= 15 is 0 Å². The first-order chi connectivity index (χ1) is 9.61. The maximum atomic E-state index is 12.0. The molecule has 21 heavy (non-hydrogen) atoms. The number of rotatable bonds is 4. The van der Waals surface area contributed by atoms with E-state index in [1.807, 2.05) is 0 Å². The van der Waals surface area contributed by atoms with Crippen LogP contribution in [0.4, 0.5) is 5.69 Å². The molecule has 2 aromatic rings. The minimum atomic E-state index is -4.13. The molecule has 1 aromatic heterocycles. The monoisotopic (exact) mass is 405 g/mol. The van der Waals surface area contributed by atoms with E-state index in [0.717, 1.165) is 23.5 Å². The molecule has 0 saturated carbocycles. The third-order valence-corrected chi connectivity index (χ3v) is 7.24. The van der Waals surface area contributed by atoms with E-state index in [4.69, 9.17) is 33.9 Å². The molecule has 0 bridgehead atoms. The fourth-order valence-electron chi connectivity index (χ4n) is 1.47. The second-order valence-corrected chi connectivity index (χ2v) is 9.92. The third kappa shape index (κ3) is 3.82.